The zero-order valence-corrected chi connectivity index (χ0v) is 25.2. The minimum Gasteiger partial charge on any atom is -0.389 e. The van der Waals surface area contributed by atoms with E-state index >= 15 is 0 Å². The molecule has 0 spiro atoms. The van der Waals surface area contributed by atoms with Gasteiger partial charge < -0.3 is 19.5 Å². The first-order chi connectivity index (χ1) is 20.0. The van der Waals surface area contributed by atoms with E-state index in [9.17, 15) is 32.7 Å². The number of hydrogen-bond donors (Lipinski definition) is 1. The zero-order chi connectivity index (χ0) is 31.6. The van der Waals surface area contributed by atoms with Crippen molar-refractivity contribution in [2.24, 2.45) is 0 Å². The number of hydrogen-bond acceptors (Lipinski definition) is 5. The molecule has 0 bridgehead atoms. The van der Waals surface area contributed by atoms with Gasteiger partial charge in [0.2, 0.25) is 0 Å². The standard InChI is InChI=1S/C30H33ClF3N5O4/c1-16-10-24-21(14-37(16)27(41)20-6-7-23(31)22(11-20)30(32,33)34)26-28(42)38(13-17(2)39(26)35-24)18(3)19-8-9-36(25(40)12-19)15-29(4,5)43/h6-9,11-12,16-18,43H,10,13-15H2,1-5H3/t16-,17-,18?/m1/s1. The van der Waals surface area contributed by atoms with Crippen molar-refractivity contribution in [3.63, 3.8) is 0 Å². The van der Waals surface area contributed by atoms with E-state index in [1.54, 1.807) is 42.6 Å². The largest absolute Gasteiger partial charge is 0.417 e. The van der Waals surface area contributed by atoms with E-state index in [-0.39, 0.29) is 42.2 Å². The third-order valence-electron chi connectivity index (χ3n) is 8.09. The smallest absolute Gasteiger partial charge is 0.389 e. The Morgan fingerprint density at radius 3 is 2.47 bits per heavy atom. The summed E-state index contributed by atoms with van der Waals surface area (Å²) < 4.78 is 43.5. The molecular weight excluding hydrogens is 587 g/mol. The number of halogens is 4. The molecule has 2 aromatic heterocycles. The molecule has 0 saturated carbocycles. The van der Waals surface area contributed by atoms with Crippen LogP contribution in [-0.4, -0.2) is 59.3 Å². The van der Waals surface area contributed by atoms with E-state index in [1.165, 1.54) is 21.6 Å². The molecule has 0 saturated heterocycles. The van der Waals surface area contributed by atoms with Gasteiger partial charge in [-0.1, -0.05) is 11.6 Å². The van der Waals surface area contributed by atoms with Gasteiger partial charge in [0.15, 0.2) is 0 Å². The second-order valence-electron chi connectivity index (χ2n) is 12.1. The lowest BCUT2D eigenvalue weighted by Crippen LogP contribution is -2.45. The highest BCUT2D eigenvalue weighted by molar-refractivity contribution is 6.31. The predicted molar refractivity (Wildman–Crippen MR) is 153 cm³/mol. The van der Waals surface area contributed by atoms with Crippen molar-refractivity contribution in [1.29, 1.82) is 0 Å². The first kappa shape index (κ1) is 30.8. The average molecular weight is 620 g/mol. The van der Waals surface area contributed by atoms with Crippen molar-refractivity contribution in [3.05, 3.63) is 85.5 Å². The molecule has 3 aromatic rings. The molecule has 1 aromatic carbocycles. The first-order valence-electron chi connectivity index (χ1n) is 14.0. The monoisotopic (exact) mass is 619 g/mol. The summed E-state index contributed by atoms with van der Waals surface area (Å²) in [5.74, 6) is -0.916. The van der Waals surface area contributed by atoms with Crippen molar-refractivity contribution in [1.82, 2.24) is 24.1 Å². The number of amides is 2. The Morgan fingerprint density at radius 1 is 1.14 bits per heavy atom. The van der Waals surface area contributed by atoms with E-state index in [4.69, 9.17) is 16.7 Å². The van der Waals surface area contributed by atoms with Gasteiger partial charge >= 0.3 is 6.18 Å². The van der Waals surface area contributed by atoms with Gasteiger partial charge in [-0.15, -0.1) is 0 Å². The molecule has 4 heterocycles. The molecule has 1 unspecified atom stereocenters. The third kappa shape index (κ3) is 5.82. The summed E-state index contributed by atoms with van der Waals surface area (Å²) in [7, 11) is 0. The van der Waals surface area contributed by atoms with Gasteiger partial charge in [0.25, 0.3) is 17.4 Å². The number of carbonyl (C=O) groups excluding carboxylic acids is 2. The molecule has 13 heteroatoms. The highest BCUT2D eigenvalue weighted by Crippen LogP contribution is 2.37. The number of nitrogens with zero attached hydrogens (tertiary/aromatic N) is 5. The summed E-state index contributed by atoms with van der Waals surface area (Å²) in [4.78, 5) is 43.4. The number of carbonyl (C=O) groups is 2. The van der Waals surface area contributed by atoms with Gasteiger partial charge in [0, 0.05) is 42.4 Å². The molecule has 2 aliphatic rings. The highest BCUT2D eigenvalue weighted by Gasteiger charge is 2.41. The molecule has 3 atom stereocenters. The maximum absolute atomic E-state index is 14.0. The maximum atomic E-state index is 14.0. The van der Waals surface area contributed by atoms with Crippen LogP contribution in [0.5, 0.6) is 0 Å². The zero-order valence-electron chi connectivity index (χ0n) is 24.4. The molecule has 0 fully saturated rings. The van der Waals surface area contributed by atoms with Crippen LogP contribution in [0.25, 0.3) is 0 Å². The molecule has 0 radical (unpaired) electrons. The summed E-state index contributed by atoms with van der Waals surface area (Å²) in [6.07, 6.45) is -2.79. The minimum absolute atomic E-state index is 0.00230. The van der Waals surface area contributed by atoms with E-state index in [0.29, 0.717) is 35.5 Å². The van der Waals surface area contributed by atoms with Crippen LogP contribution in [0.3, 0.4) is 0 Å². The molecule has 43 heavy (non-hydrogen) atoms. The highest BCUT2D eigenvalue weighted by atomic mass is 35.5. The Balaban J connectivity index is 1.44. The Hall–Kier alpha value is -3.64. The lowest BCUT2D eigenvalue weighted by atomic mass is 9.96. The first-order valence-corrected chi connectivity index (χ1v) is 14.4. The fraction of sp³-hybridized carbons (Fsp3) is 0.467. The number of alkyl halides is 3. The van der Waals surface area contributed by atoms with Gasteiger partial charge in [0.05, 0.1) is 47.1 Å². The molecule has 2 aliphatic heterocycles. The third-order valence-corrected chi connectivity index (χ3v) is 8.42. The predicted octanol–water partition coefficient (Wildman–Crippen LogP) is 4.85. The molecule has 1 N–H and O–H groups in total. The number of aromatic nitrogens is 3. The summed E-state index contributed by atoms with van der Waals surface area (Å²) >= 11 is 5.76. The maximum Gasteiger partial charge on any atom is 0.417 e. The van der Waals surface area contributed by atoms with Crippen LogP contribution in [0.15, 0.2) is 41.3 Å². The molecular formula is C30H33ClF3N5O4. The number of benzene rings is 1. The van der Waals surface area contributed by atoms with Crippen LogP contribution in [0.1, 0.15) is 89.9 Å². The van der Waals surface area contributed by atoms with Crippen LogP contribution < -0.4 is 5.56 Å². The van der Waals surface area contributed by atoms with Crippen LogP contribution in [-0.2, 0) is 25.7 Å². The van der Waals surface area contributed by atoms with E-state index < -0.39 is 34.3 Å². The van der Waals surface area contributed by atoms with Crippen LogP contribution in [0, 0.1) is 0 Å². The number of pyridine rings is 1. The lowest BCUT2D eigenvalue weighted by molar-refractivity contribution is -0.137. The van der Waals surface area contributed by atoms with E-state index in [0.717, 1.165) is 12.1 Å². The fourth-order valence-corrected chi connectivity index (χ4v) is 6.07. The summed E-state index contributed by atoms with van der Waals surface area (Å²) in [6.45, 7) is 9.22. The second-order valence-corrected chi connectivity index (χ2v) is 12.5. The summed E-state index contributed by atoms with van der Waals surface area (Å²) in [5.41, 5.74) is -0.426. The quantitative estimate of drug-likeness (QED) is 0.440. The van der Waals surface area contributed by atoms with Gasteiger partial charge in [-0.2, -0.15) is 18.3 Å². The molecule has 230 valence electrons. The van der Waals surface area contributed by atoms with Crippen molar-refractivity contribution in [2.45, 2.75) is 84.0 Å². The topological polar surface area (TPSA) is 101 Å². The summed E-state index contributed by atoms with van der Waals surface area (Å²) in [6, 6.07) is 5.24. The molecule has 0 aliphatic carbocycles. The molecule has 9 nitrogen and oxygen atoms in total. The van der Waals surface area contributed by atoms with Crippen LogP contribution in [0.4, 0.5) is 13.2 Å². The van der Waals surface area contributed by atoms with Crippen molar-refractivity contribution >= 4 is 23.4 Å². The van der Waals surface area contributed by atoms with Gasteiger partial charge in [-0.25, -0.2) is 0 Å². The van der Waals surface area contributed by atoms with Crippen LogP contribution in [0.2, 0.25) is 5.02 Å². The van der Waals surface area contributed by atoms with Gasteiger partial charge in [-0.05, 0) is 64.4 Å². The normalized spacial score (nSPS) is 19.7. The Bertz CT molecular complexity index is 1660. The Morgan fingerprint density at radius 2 is 1.84 bits per heavy atom. The Kier molecular flexibility index (Phi) is 7.75. The number of fused-ring (bicyclic) bond motifs is 3. The molecule has 2 amide bonds. The van der Waals surface area contributed by atoms with Gasteiger partial charge in [-0.3, -0.25) is 19.1 Å². The average Bonchev–Trinajstić information content (AvgIpc) is 3.28. The number of rotatable bonds is 5. The lowest BCUT2D eigenvalue weighted by Gasteiger charge is -2.37. The fourth-order valence-electron chi connectivity index (χ4n) is 5.85. The van der Waals surface area contributed by atoms with Crippen molar-refractivity contribution < 1.29 is 27.9 Å². The second kappa shape index (κ2) is 10.8. The van der Waals surface area contributed by atoms with E-state index in [2.05, 4.69) is 0 Å². The van der Waals surface area contributed by atoms with Crippen LogP contribution >= 0.6 is 11.6 Å². The Labute approximate surface area is 251 Å². The van der Waals surface area contributed by atoms with Crippen molar-refractivity contribution in [3.8, 4) is 0 Å². The van der Waals surface area contributed by atoms with E-state index in [1.807, 2.05) is 13.8 Å². The SMILES string of the molecule is CC(c1ccn(CC(C)(C)O)c(=O)c1)N1C[C@@H](C)n2nc3c(c2C1=O)CN(C(=O)c1ccc(Cl)c(C(F)(F)F)c1)[C@H](C)C3. The summed E-state index contributed by atoms with van der Waals surface area (Å²) in [5, 5.41) is 14.3. The molecule has 5 rings (SSSR count). The van der Waals surface area contributed by atoms with Gasteiger partial charge in [0.1, 0.15) is 5.69 Å². The number of aliphatic hydroxyl groups is 1. The van der Waals surface area contributed by atoms with Crippen molar-refractivity contribution in [2.75, 3.05) is 6.54 Å². The minimum atomic E-state index is -4.72.